The molecule has 0 bridgehead atoms. The molecule has 3 N–H and O–H groups in total. The molecular formula is C12H22Cl2N4O. The maximum atomic E-state index is 12.1. The molecule has 1 atom stereocenters. The predicted octanol–water partition coefficient (Wildman–Crippen LogP) is 1.44. The molecule has 1 fully saturated rings. The van der Waals surface area contributed by atoms with Crippen molar-refractivity contribution in [3.8, 4) is 0 Å². The minimum atomic E-state index is -0.330. The van der Waals surface area contributed by atoms with Gasteiger partial charge in [0, 0.05) is 25.4 Å². The Balaban J connectivity index is 0.00000162. The summed E-state index contributed by atoms with van der Waals surface area (Å²) in [6.45, 7) is 3.64. The molecule has 1 aliphatic heterocycles. The number of rotatable bonds is 5. The lowest BCUT2D eigenvalue weighted by Gasteiger charge is -2.26. The van der Waals surface area contributed by atoms with Crippen LogP contribution < -0.4 is 10.6 Å². The second kappa shape index (κ2) is 8.40. The molecule has 2 heterocycles. The molecule has 0 saturated carbocycles. The highest BCUT2D eigenvalue weighted by Crippen LogP contribution is 2.22. The number of amides is 1. The fourth-order valence-corrected chi connectivity index (χ4v) is 2.36. The Labute approximate surface area is 126 Å². The van der Waals surface area contributed by atoms with Crippen molar-refractivity contribution in [1.29, 1.82) is 0 Å². The van der Waals surface area contributed by atoms with Crippen LogP contribution in [0.15, 0.2) is 12.4 Å². The van der Waals surface area contributed by atoms with Gasteiger partial charge in [0.2, 0.25) is 5.91 Å². The van der Waals surface area contributed by atoms with E-state index in [1.54, 1.807) is 12.4 Å². The Bertz CT molecular complexity index is 364. The molecule has 1 unspecified atom stereocenters. The number of carbonyl (C=O) groups excluding carboxylic acids is 1. The lowest BCUT2D eigenvalue weighted by atomic mass is 9.93. The van der Waals surface area contributed by atoms with Crippen molar-refractivity contribution in [1.82, 2.24) is 20.6 Å². The molecule has 1 aromatic rings. The van der Waals surface area contributed by atoms with Gasteiger partial charge < -0.3 is 15.6 Å². The third kappa shape index (κ3) is 4.37. The van der Waals surface area contributed by atoms with Gasteiger partial charge in [0.1, 0.15) is 5.82 Å². The molecule has 0 spiro atoms. The summed E-state index contributed by atoms with van der Waals surface area (Å²) in [4.78, 5) is 19.3. The van der Waals surface area contributed by atoms with Crippen molar-refractivity contribution in [2.75, 3.05) is 13.1 Å². The first kappa shape index (κ1) is 18.2. The number of hydrogen-bond donors (Lipinski definition) is 3. The maximum absolute atomic E-state index is 12.1. The van der Waals surface area contributed by atoms with Crippen molar-refractivity contribution in [3.63, 3.8) is 0 Å². The number of imidazole rings is 1. The Hall–Kier alpha value is -0.780. The third-order valence-electron chi connectivity index (χ3n) is 3.48. The van der Waals surface area contributed by atoms with Gasteiger partial charge in [-0.05, 0) is 25.8 Å². The van der Waals surface area contributed by atoms with E-state index in [4.69, 9.17) is 0 Å². The highest BCUT2D eigenvalue weighted by atomic mass is 35.5. The number of carbonyl (C=O) groups is 1. The zero-order valence-corrected chi connectivity index (χ0v) is 12.7. The molecule has 5 nitrogen and oxygen atoms in total. The summed E-state index contributed by atoms with van der Waals surface area (Å²) in [5, 5.41) is 6.32. The van der Waals surface area contributed by atoms with E-state index in [1.165, 1.54) is 0 Å². The monoisotopic (exact) mass is 308 g/mol. The molecule has 0 radical (unpaired) electrons. The van der Waals surface area contributed by atoms with E-state index in [9.17, 15) is 4.79 Å². The van der Waals surface area contributed by atoms with Gasteiger partial charge in [-0.15, -0.1) is 24.8 Å². The van der Waals surface area contributed by atoms with Crippen LogP contribution >= 0.6 is 24.8 Å². The molecule has 110 valence electrons. The van der Waals surface area contributed by atoms with Crippen LogP contribution in [0.3, 0.4) is 0 Å². The van der Waals surface area contributed by atoms with Gasteiger partial charge in [-0.25, -0.2) is 4.98 Å². The lowest BCUT2D eigenvalue weighted by Crippen LogP contribution is -2.53. The fourth-order valence-electron chi connectivity index (χ4n) is 2.36. The minimum absolute atomic E-state index is 0. The summed E-state index contributed by atoms with van der Waals surface area (Å²) in [6.07, 6.45) is 7.14. The summed E-state index contributed by atoms with van der Waals surface area (Å²) in [5.41, 5.74) is -0.330. The molecule has 1 amide bonds. The van der Waals surface area contributed by atoms with Crippen molar-refractivity contribution in [2.45, 2.75) is 38.1 Å². The summed E-state index contributed by atoms with van der Waals surface area (Å²) >= 11 is 0. The van der Waals surface area contributed by atoms with Crippen LogP contribution in [0.25, 0.3) is 0 Å². The molecule has 2 rings (SSSR count). The molecule has 19 heavy (non-hydrogen) atoms. The van der Waals surface area contributed by atoms with Crippen LogP contribution in [-0.4, -0.2) is 34.5 Å². The molecule has 1 aromatic heterocycles. The van der Waals surface area contributed by atoms with E-state index < -0.39 is 0 Å². The predicted molar refractivity (Wildman–Crippen MR) is 80.1 cm³/mol. The van der Waals surface area contributed by atoms with Crippen molar-refractivity contribution < 1.29 is 4.79 Å². The average molecular weight is 309 g/mol. The number of H-pyrrole nitrogens is 1. The van der Waals surface area contributed by atoms with Crippen LogP contribution in [0.2, 0.25) is 0 Å². The molecule has 0 aliphatic carbocycles. The average Bonchev–Trinajstić information content (AvgIpc) is 3.00. The van der Waals surface area contributed by atoms with E-state index in [0.717, 1.165) is 38.1 Å². The molecule has 7 heteroatoms. The van der Waals surface area contributed by atoms with Crippen LogP contribution in [0, 0.1) is 0 Å². The second-order valence-electron chi connectivity index (χ2n) is 4.51. The van der Waals surface area contributed by atoms with Gasteiger partial charge >= 0.3 is 0 Å². The van der Waals surface area contributed by atoms with E-state index in [1.807, 2.05) is 0 Å². The first-order chi connectivity index (χ1) is 8.27. The largest absolute Gasteiger partial charge is 0.354 e. The highest BCUT2D eigenvalue weighted by molar-refractivity contribution is 5.86. The lowest BCUT2D eigenvalue weighted by molar-refractivity contribution is -0.127. The zero-order valence-electron chi connectivity index (χ0n) is 11.1. The SMILES string of the molecule is CCC1(C(=O)NCCc2ncc[nH]2)CCCN1.Cl.Cl. The van der Waals surface area contributed by atoms with Crippen LogP contribution in [0.1, 0.15) is 32.0 Å². The second-order valence-corrected chi connectivity index (χ2v) is 4.51. The first-order valence-corrected chi connectivity index (χ1v) is 6.28. The maximum Gasteiger partial charge on any atom is 0.240 e. The smallest absolute Gasteiger partial charge is 0.240 e. The molecule has 0 aromatic carbocycles. The van der Waals surface area contributed by atoms with E-state index in [2.05, 4.69) is 27.5 Å². The van der Waals surface area contributed by atoms with E-state index >= 15 is 0 Å². The number of hydrogen-bond acceptors (Lipinski definition) is 3. The third-order valence-corrected chi connectivity index (χ3v) is 3.48. The number of aromatic nitrogens is 2. The van der Waals surface area contributed by atoms with Gasteiger partial charge in [0.05, 0.1) is 5.54 Å². The van der Waals surface area contributed by atoms with Gasteiger partial charge in [-0.3, -0.25) is 4.79 Å². The Kier molecular flexibility index (Phi) is 8.06. The molecule has 1 aliphatic rings. The Morgan fingerprint density at radius 1 is 1.53 bits per heavy atom. The summed E-state index contributed by atoms with van der Waals surface area (Å²) in [6, 6.07) is 0. The Morgan fingerprint density at radius 2 is 2.32 bits per heavy atom. The molecule has 1 saturated heterocycles. The molecular weight excluding hydrogens is 287 g/mol. The standard InChI is InChI=1S/C12H20N4O.2ClH/c1-2-12(5-3-6-16-12)11(17)15-7-4-10-13-8-9-14-10;;/h8-9,16H,2-7H2,1H3,(H,13,14)(H,15,17);2*1H. The summed E-state index contributed by atoms with van der Waals surface area (Å²) < 4.78 is 0. The number of nitrogens with zero attached hydrogens (tertiary/aromatic N) is 1. The van der Waals surface area contributed by atoms with Crippen molar-refractivity contribution >= 4 is 30.7 Å². The number of nitrogens with one attached hydrogen (secondary N) is 3. The highest BCUT2D eigenvalue weighted by Gasteiger charge is 2.38. The quantitative estimate of drug-likeness (QED) is 0.771. The number of aromatic amines is 1. The topological polar surface area (TPSA) is 69.8 Å². The first-order valence-electron chi connectivity index (χ1n) is 6.28. The van der Waals surface area contributed by atoms with Gasteiger partial charge in [0.25, 0.3) is 0 Å². The van der Waals surface area contributed by atoms with E-state index in [0.29, 0.717) is 6.54 Å². The number of halogens is 2. The minimum Gasteiger partial charge on any atom is -0.354 e. The Morgan fingerprint density at radius 3 is 2.84 bits per heavy atom. The summed E-state index contributed by atoms with van der Waals surface area (Å²) in [5.74, 6) is 1.04. The fraction of sp³-hybridized carbons (Fsp3) is 0.667. The van der Waals surface area contributed by atoms with E-state index in [-0.39, 0.29) is 36.3 Å². The summed E-state index contributed by atoms with van der Waals surface area (Å²) in [7, 11) is 0. The van der Waals surface area contributed by atoms with Crippen molar-refractivity contribution in [3.05, 3.63) is 18.2 Å². The van der Waals surface area contributed by atoms with Crippen molar-refractivity contribution in [2.24, 2.45) is 0 Å². The zero-order chi connectivity index (χ0) is 12.1. The van der Waals surface area contributed by atoms with Crippen LogP contribution in [-0.2, 0) is 11.2 Å². The van der Waals surface area contributed by atoms with Crippen LogP contribution in [0.5, 0.6) is 0 Å². The van der Waals surface area contributed by atoms with Gasteiger partial charge in [-0.1, -0.05) is 6.92 Å². The van der Waals surface area contributed by atoms with Crippen LogP contribution in [0.4, 0.5) is 0 Å². The van der Waals surface area contributed by atoms with Gasteiger partial charge in [-0.2, -0.15) is 0 Å². The normalized spacial score (nSPS) is 21.3. The van der Waals surface area contributed by atoms with Gasteiger partial charge in [0.15, 0.2) is 0 Å².